The van der Waals surface area contributed by atoms with Crippen LogP contribution >= 0.6 is 0 Å². The maximum Gasteiger partial charge on any atom is 0.121 e. The smallest absolute Gasteiger partial charge is 0.121 e. The lowest BCUT2D eigenvalue weighted by atomic mass is 10.4. The Morgan fingerprint density at radius 3 is 2.20 bits per heavy atom. The van der Waals surface area contributed by atoms with Crippen molar-refractivity contribution in [3.8, 4) is 0 Å². The van der Waals surface area contributed by atoms with Gasteiger partial charge in [0, 0.05) is 6.08 Å². The molecule has 0 saturated carbocycles. The number of methoxy groups -OCH3 is 2. The molecular formula is C8H12O2. The number of ether oxygens (including phenoxy) is 2. The van der Waals surface area contributed by atoms with Gasteiger partial charge < -0.3 is 9.47 Å². The van der Waals surface area contributed by atoms with Crippen LogP contribution in [0.2, 0.25) is 0 Å². The van der Waals surface area contributed by atoms with Crippen LogP contribution in [0.5, 0.6) is 0 Å². The van der Waals surface area contributed by atoms with Gasteiger partial charge in [0.15, 0.2) is 0 Å². The summed E-state index contributed by atoms with van der Waals surface area (Å²) in [6.07, 6.45) is 3.25. The fourth-order valence-corrected chi connectivity index (χ4v) is 0.419. The summed E-state index contributed by atoms with van der Waals surface area (Å²) in [4.78, 5) is 0. The Bertz CT molecular complexity index is 157. The van der Waals surface area contributed by atoms with E-state index in [2.05, 4.69) is 13.2 Å². The third-order valence-corrected chi connectivity index (χ3v) is 1.00. The quantitative estimate of drug-likeness (QED) is 0.438. The Balaban J connectivity index is 4.09. The topological polar surface area (TPSA) is 18.5 Å². The summed E-state index contributed by atoms with van der Waals surface area (Å²) in [5, 5.41) is 0. The van der Waals surface area contributed by atoms with Gasteiger partial charge in [0.1, 0.15) is 11.5 Å². The molecule has 2 heteroatoms. The van der Waals surface area contributed by atoms with Crippen molar-refractivity contribution in [2.75, 3.05) is 14.2 Å². The summed E-state index contributed by atoms with van der Waals surface area (Å²) in [7, 11) is 3.12. The van der Waals surface area contributed by atoms with Crippen LogP contribution in [0.3, 0.4) is 0 Å². The van der Waals surface area contributed by atoms with Crippen LogP contribution in [-0.4, -0.2) is 14.2 Å². The minimum atomic E-state index is 0.553. The third kappa shape index (κ3) is 2.97. The van der Waals surface area contributed by atoms with Crippen LogP contribution in [0.15, 0.2) is 36.8 Å². The molecule has 0 aromatic heterocycles. The fourth-order valence-electron chi connectivity index (χ4n) is 0.419. The Morgan fingerprint density at radius 2 is 1.90 bits per heavy atom. The van der Waals surface area contributed by atoms with Crippen LogP contribution in [0.4, 0.5) is 0 Å². The number of allylic oxidation sites excluding steroid dienone is 2. The van der Waals surface area contributed by atoms with Gasteiger partial charge in [-0.2, -0.15) is 0 Å². The molecule has 0 fully saturated rings. The van der Waals surface area contributed by atoms with Crippen molar-refractivity contribution in [2.45, 2.75) is 0 Å². The number of hydrogen-bond donors (Lipinski definition) is 0. The molecule has 0 bridgehead atoms. The molecule has 0 spiro atoms. The van der Waals surface area contributed by atoms with Crippen LogP contribution in [0.25, 0.3) is 0 Å². The molecule has 10 heavy (non-hydrogen) atoms. The van der Waals surface area contributed by atoms with Crippen molar-refractivity contribution in [3.05, 3.63) is 36.8 Å². The first-order valence-electron chi connectivity index (χ1n) is 2.85. The summed E-state index contributed by atoms with van der Waals surface area (Å²) in [6, 6.07) is 0. The molecule has 0 aliphatic carbocycles. The second-order valence-electron chi connectivity index (χ2n) is 1.63. The average Bonchev–Trinajstić information content (AvgIpc) is 1.99. The largest absolute Gasteiger partial charge is 0.497 e. The van der Waals surface area contributed by atoms with Crippen LogP contribution in [-0.2, 0) is 9.47 Å². The van der Waals surface area contributed by atoms with Gasteiger partial charge in [-0.25, -0.2) is 0 Å². The van der Waals surface area contributed by atoms with E-state index in [0.29, 0.717) is 11.5 Å². The van der Waals surface area contributed by atoms with Gasteiger partial charge in [-0.3, -0.25) is 0 Å². The molecule has 0 aromatic carbocycles. The molecule has 0 aromatic rings. The molecule has 0 aliphatic rings. The van der Waals surface area contributed by atoms with E-state index < -0.39 is 0 Å². The lowest BCUT2D eigenvalue weighted by molar-refractivity contribution is 0.286. The molecule has 0 radical (unpaired) electrons. The predicted molar refractivity (Wildman–Crippen MR) is 41.4 cm³/mol. The van der Waals surface area contributed by atoms with Crippen molar-refractivity contribution in [3.63, 3.8) is 0 Å². The van der Waals surface area contributed by atoms with E-state index in [0.717, 1.165) is 0 Å². The summed E-state index contributed by atoms with van der Waals surface area (Å²) >= 11 is 0. The molecule has 0 rings (SSSR count). The normalized spacial score (nSPS) is 10.4. The highest BCUT2D eigenvalue weighted by atomic mass is 16.5. The monoisotopic (exact) mass is 140 g/mol. The van der Waals surface area contributed by atoms with Crippen molar-refractivity contribution in [1.29, 1.82) is 0 Å². The molecule has 0 aliphatic heterocycles. The predicted octanol–water partition coefficient (Wildman–Crippen LogP) is 1.86. The zero-order valence-corrected chi connectivity index (χ0v) is 6.39. The highest BCUT2D eigenvalue weighted by Gasteiger charge is 1.89. The SMILES string of the molecule is C=C/C(=C\C(=C)OC)OC. The molecule has 0 N–H and O–H groups in total. The van der Waals surface area contributed by atoms with Gasteiger partial charge in [0.25, 0.3) is 0 Å². The summed E-state index contributed by atoms with van der Waals surface area (Å²) in [5.41, 5.74) is 0. The zero-order valence-electron chi connectivity index (χ0n) is 6.39. The molecule has 0 unspecified atom stereocenters. The maximum absolute atomic E-state index is 4.87. The van der Waals surface area contributed by atoms with E-state index in [1.807, 2.05) is 0 Å². The van der Waals surface area contributed by atoms with Crippen molar-refractivity contribution < 1.29 is 9.47 Å². The second kappa shape index (κ2) is 4.68. The highest BCUT2D eigenvalue weighted by Crippen LogP contribution is 2.01. The van der Waals surface area contributed by atoms with E-state index in [1.54, 1.807) is 26.4 Å². The van der Waals surface area contributed by atoms with E-state index in [9.17, 15) is 0 Å². The second-order valence-corrected chi connectivity index (χ2v) is 1.63. The first kappa shape index (κ1) is 8.82. The number of rotatable bonds is 4. The molecule has 0 amide bonds. The van der Waals surface area contributed by atoms with Gasteiger partial charge in [-0.05, 0) is 6.08 Å². The van der Waals surface area contributed by atoms with Gasteiger partial charge >= 0.3 is 0 Å². The Hall–Kier alpha value is -1.18. The molecular weight excluding hydrogens is 128 g/mol. The average molecular weight is 140 g/mol. The lowest BCUT2D eigenvalue weighted by Gasteiger charge is -2.00. The summed E-state index contributed by atoms with van der Waals surface area (Å²) in [6.45, 7) is 7.11. The Morgan fingerprint density at radius 1 is 1.30 bits per heavy atom. The van der Waals surface area contributed by atoms with E-state index >= 15 is 0 Å². The minimum Gasteiger partial charge on any atom is -0.497 e. The highest BCUT2D eigenvalue weighted by molar-refractivity contribution is 5.18. The van der Waals surface area contributed by atoms with E-state index in [1.165, 1.54) is 0 Å². The Kier molecular flexibility index (Phi) is 4.12. The van der Waals surface area contributed by atoms with Crippen molar-refractivity contribution in [2.24, 2.45) is 0 Å². The zero-order chi connectivity index (χ0) is 7.98. The standard InChI is InChI=1S/C8H12O2/c1-5-8(10-4)6-7(2)9-3/h5-6H,1-2H2,3-4H3/b8-6+. The van der Waals surface area contributed by atoms with E-state index in [-0.39, 0.29) is 0 Å². The van der Waals surface area contributed by atoms with Crippen LogP contribution in [0, 0.1) is 0 Å². The van der Waals surface area contributed by atoms with Crippen LogP contribution in [0.1, 0.15) is 0 Å². The molecule has 2 nitrogen and oxygen atoms in total. The van der Waals surface area contributed by atoms with Gasteiger partial charge in [-0.1, -0.05) is 13.2 Å². The van der Waals surface area contributed by atoms with Gasteiger partial charge in [0.2, 0.25) is 0 Å². The summed E-state index contributed by atoms with van der Waals surface area (Å²) in [5.74, 6) is 1.20. The fraction of sp³-hybridized carbons (Fsp3) is 0.250. The Labute approximate surface area is 61.5 Å². The van der Waals surface area contributed by atoms with Crippen molar-refractivity contribution >= 4 is 0 Å². The molecule has 0 heterocycles. The van der Waals surface area contributed by atoms with Gasteiger partial charge in [-0.15, -0.1) is 0 Å². The molecule has 56 valence electrons. The molecule has 0 saturated heterocycles. The summed E-state index contributed by atoms with van der Waals surface area (Å²) < 4.78 is 9.66. The van der Waals surface area contributed by atoms with E-state index in [4.69, 9.17) is 9.47 Å². The lowest BCUT2D eigenvalue weighted by Crippen LogP contribution is -1.84. The van der Waals surface area contributed by atoms with Crippen LogP contribution < -0.4 is 0 Å². The van der Waals surface area contributed by atoms with Gasteiger partial charge in [0.05, 0.1) is 14.2 Å². The van der Waals surface area contributed by atoms with Crippen molar-refractivity contribution in [1.82, 2.24) is 0 Å². The maximum atomic E-state index is 4.87. The minimum absolute atomic E-state index is 0.553. The third-order valence-electron chi connectivity index (χ3n) is 1.00. The first-order chi connectivity index (χ1) is 4.74. The molecule has 0 atom stereocenters. The number of hydrogen-bond acceptors (Lipinski definition) is 2. The first-order valence-corrected chi connectivity index (χ1v) is 2.85.